The second-order valence-corrected chi connectivity index (χ2v) is 5.51. The van der Waals surface area contributed by atoms with Gasteiger partial charge in [0.15, 0.2) is 0 Å². The van der Waals surface area contributed by atoms with Gasteiger partial charge in [-0.2, -0.15) is 0 Å². The van der Waals surface area contributed by atoms with Crippen molar-refractivity contribution in [3.05, 3.63) is 23.0 Å². The number of carbonyl (C=O) groups is 1. The lowest BCUT2D eigenvalue weighted by molar-refractivity contribution is 0.0776. The third kappa shape index (κ3) is 2.54. The first-order valence-corrected chi connectivity index (χ1v) is 6.77. The molecule has 5 heteroatoms. The number of aryl methyl sites for hydroxylation is 1. The summed E-state index contributed by atoms with van der Waals surface area (Å²) in [7, 11) is 1.83. The molecule has 0 aliphatic carbocycles. The second-order valence-electron chi connectivity index (χ2n) is 5.08. The van der Waals surface area contributed by atoms with Crippen LogP contribution in [0.4, 0.5) is 0 Å². The molecule has 1 aromatic rings. The topological polar surface area (TPSA) is 51.3 Å². The summed E-state index contributed by atoms with van der Waals surface area (Å²) < 4.78 is 1.77. The fraction of sp³-hybridized carbons (Fsp3) is 0.615. The van der Waals surface area contributed by atoms with Crippen LogP contribution in [0.1, 0.15) is 30.3 Å². The molecular formula is C13H20ClN3O. The van der Waals surface area contributed by atoms with Crippen molar-refractivity contribution in [3.63, 3.8) is 0 Å². The van der Waals surface area contributed by atoms with E-state index in [-0.39, 0.29) is 11.9 Å². The van der Waals surface area contributed by atoms with E-state index in [2.05, 4.69) is 6.92 Å². The maximum atomic E-state index is 12.4. The first kappa shape index (κ1) is 13.4. The predicted molar refractivity (Wildman–Crippen MR) is 72.7 cm³/mol. The average molecular weight is 270 g/mol. The van der Waals surface area contributed by atoms with E-state index < -0.39 is 0 Å². The number of carbonyl (C=O) groups excluding carboxylic acids is 1. The third-order valence-electron chi connectivity index (χ3n) is 3.63. The fourth-order valence-electron chi connectivity index (χ4n) is 2.64. The number of hydrogen-bond acceptors (Lipinski definition) is 2. The maximum absolute atomic E-state index is 12.4. The van der Waals surface area contributed by atoms with E-state index in [1.807, 2.05) is 11.9 Å². The van der Waals surface area contributed by atoms with Crippen molar-refractivity contribution in [3.8, 4) is 0 Å². The number of likely N-dealkylation sites (tertiary alicyclic amines) is 1. The standard InChI is InChI=1S/C13H20ClN3O/c1-3-4-9-6-17(8-11(9)15)13(18)12-5-10(14)7-16(12)2/h5,7,9,11H,3-4,6,8,15H2,1-2H3/t9-,11-/m0/s1. The van der Waals surface area contributed by atoms with Gasteiger partial charge in [-0.25, -0.2) is 0 Å². The van der Waals surface area contributed by atoms with Crippen LogP contribution in [0.3, 0.4) is 0 Å². The Bertz CT molecular complexity index is 443. The molecule has 18 heavy (non-hydrogen) atoms. The molecule has 0 aromatic carbocycles. The van der Waals surface area contributed by atoms with Crippen LogP contribution in [0.25, 0.3) is 0 Å². The Morgan fingerprint density at radius 3 is 2.83 bits per heavy atom. The Morgan fingerprint density at radius 1 is 1.56 bits per heavy atom. The van der Waals surface area contributed by atoms with Gasteiger partial charge in [0.05, 0.1) is 5.02 Å². The molecule has 0 radical (unpaired) electrons. The lowest BCUT2D eigenvalue weighted by Crippen LogP contribution is -2.33. The summed E-state index contributed by atoms with van der Waals surface area (Å²) >= 11 is 5.91. The van der Waals surface area contributed by atoms with Crippen LogP contribution >= 0.6 is 11.6 Å². The number of rotatable bonds is 3. The highest BCUT2D eigenvalue weighted by molar-refractivity contribution is 6.31. The first-order chi connectivity index (χ1) is 8.52. The van der Waals surface area contributed by atoms with E-state index in [4.69, 9.17) is 17.3 Å². The van der Waals surface area contributed by atoms with Gasteiger partial charge in [0.25, 0.3) is 5.91 Å². The summed E-state index contributed by atoms with van der Waals surface area (Å²) in [6.07, 6.45) is 3.93. The van der Waals surface area contributed by atoms with Crippen LogP contribution in [0.5, 0.6) is 0 Å². The number of aromatic nitrogens is 1. The van der Waals surface area contributed by atoms with E-state index in [1.165, 1.54) is 0 Å². The van der Waals surface area contributed by atoms with Crippen molar-refractivity contribution in [2.45, 2.75) is 25.8 Å². The quantitative estimate of drug-likeness (QED) is 0.911. The van der Waals surface area contributed by atoms with E-state index >= 15 is 0 Å². The zero-order valence-electron chi connectivity index (χ0n) is 10.9. The molecule has 2 atom stereocenters. The van der Waals surface area contributed by atoms with Crippen molar-refractivity contribution in [2.24, 2.45) is 18.7 Å². The summed E-state index contributed by atoms with van der Waals surface area (Å²) in [5.74, 6) is 0.452. The Hall–Kier alpha value is -1.00. The molecule has 1 fully saturated rings. The molecule has 0 saturated carbocycles. The van der Waals surface area contributed by atoms with Crippen molar-refractivity contribution in [1.29, 1.82) is 0 Å². The zero-order valence-corrected chi connectivity index (χ0v) is 11.7. The lowest BCUT2D eigenvalue weighted by atomic mass is 9.99. The molecule has 100 valence electrons. The third-order valence-corrected chi connectivity index (χ3v) is 3.84. The number of amides is 1. The molecule has 2 heterocycles. The van der Waals surface area contributed by atoms with Gasteiger partial charge in [-0.05, 0) is 18.4 Å². The fourth-order valence-corrected chi connectivity index (χ4v) is 2.89. The van der Waals surface area contributed by atoms with Gasteiger partial charge in [0.1, 0.15) is 5.69 Å². The first-order valence-electron chi connectivity index (χ1n) is 6.39. The Balaban J connectivity index is 2.09. The van der Waals surface area contributed by atoms with Crippen LogP contribution in [0, 0.1) is 5.92 Å². The van der Waals surface area contributed by atoms with Crippen LogP contribution < -0.4 is 5.73 Å². The molecular weight excluding hydrogens is 250 g/mol. The molecule has 2 N–H and O–H groups in total. The maximum Gasteiger partial charge on any atom is 0.270 e. The Labute approximate surface area is 113 Å². The molecule has 4 nitrogen and oxygen atoms in total. The smallest absolute Gasteiger partial charge is 0.270 e. The van der Waals surface area contributed by atoms with Crippen LogP contribution in [-0.2, 0) is 7.05 Å². The molecule has 2 rings (SSSR count). The largest absolute Gasteiger partial charge is 0.345 e. The molecule has 1 saturated heterocycles. The number of nitrogens with two attached hydrogens (primary N) is 1. The van der Waals surface area contributed by atoms with Gasteiger partial charge < -0.3 is 15.2 Å². The highest BCUT2D eigenvalue weighted by Crippen LogP contribution is 2.23. The predicted octanol–water partition coefficient (Wildman–Crippen LogP) is 1.88. The number of hydrogen-bond donors (Lipinski definition) is 1. The van der Waals surface area contributed by atoms with Crippen LogP contribution in [0.2, 0.25) is 5.02 Å². The normalized spacial score (nSPS) is 23.7. The van der Waals surface area contributed by atoms with Gasteiger partial charge in [-0.15, -0.1) is 0 Å². The highest BCUT2D eigenvalue weighted by Gasteiger charge is 2.33. The van der Waals surface area contributed by atoms with Crippen molar-refractivity contribution < 1.29 is 4.79 Å². The molecule has 1 aliphatic heterocycles. The summed E-state index contributed by atoms with van der Waals surface area (Å²) in [6.45, 7) is 3.55. The Morgan fingerprint density at radius 2 is 2.28 bits per heavy atom. The molecule has 1 aromatic heterocycles. The minimum absolute atomic E-state index is 0.0263. The Kier molecular flexibility index (Phi) is 3.97. The second kappa shape index (κ2) is 5.33. The van der Waals surface area contributed by atoms with Gasteiger partial charge in [0, 0.05) is 32.4 Å². The minimum atomic E-state index is 0.0263. The van der Waals surface area contributed by atoms with Gasteiger partial charge in [-0.1, -0.05) is 24.9 Å². The molecule has 1 amide bonds. The van der Waals surface area contributed by atoms with Crippen LogP contribution in [0.15, 0.2) is 12.3 Å². The molecule has 0 spiro atoms. The van der Waals surface area contributed by atoms with Crippen LogP contribution in [-0.4, -0.2) is 34.5 Å². The van der Waals surface area contributed by atoms with Gasteiger partial charge >= 0.3 is 0 Å². The molecule has 0 bridgehead atoms. The molecule has 1 aliphatic rings. The van der Waals surface area contributed by atoms with E-state index in [1.54, 1.807) is 16.8 Å². The van der Waals surface area contributed by atoms with Crippen molar-refractivity contribution in [1.82, 2.24) is 9.47 Å². The number of nitrogens with zero attached hydrogens (tertiary/aromatic N) is 2. The average Bonchev–Trinajstić information content (AvgIpc) is 2.83. The molecule has 0 unspecified atom stereocenters. The SMILES string of the molecule is CCC[C@H]1CN(C(=O)c2cc(Cl)cn2C)C[C@@H]1N. The summed E-state index contributed by atoms with van der Waals surface area (Å²) in [5, 5.41) is 0.592. The van der Waals surface area contributed by atoms with E-state index in [0.29, 0.717) is 23.2 Å². The van der Waals surface area contributed by atoms with Gasteiger partial charge in [0.2, 0.25) is 0 Å². The highest BCUT2D eigenvalue weighted by atomic mass is 35.5. The summed E-state index contributed by atoms with van der Waals surface area (Å²) in [4.78, 5) is 14.2. The summed E-state index contributed by atoms with van der Waals surface area (Å²) in [6, 6.07) is 1.81. The minimum Gasteiger partial charge on any atom is -0.345 e. The lowest BCUT2D eigenvalue weighted by Gasteiger charge is -2.16. The van der Waals surface area contributed by atoms with Crippen molar-refractivity contribution >= 4 is 17.5 Å². The zero-order chi connectivity index (χ0) is 13.3. The summed E-state index contributed by atoms with van der Waals surface area (Å²) in [5.41, 5.74) is 6.72. The van der Waals surface area contributed by atoms with E-state index in [9.17, 15) is 4.79 Å². The number of halogens is 1. The van der Waals surface area contributed by atoms with Crippen molar-refractivity contribution in [2.75, 3.05) is 13.1 Å². The monoisotopic (exact) mass is 269 g/mol. The van der Waals surface area contributed by atoms with Gasteiger partial charge in [-0.3, -0.25) is 4.79 Å². The van der Waals surface area contributed by atoms with E-state index in [0.717, 1.165) is 19.4 Å².